The van der Waals surface area contributed by atoms with Gasteiger partial charge in [-0.25, -0.2) is 15.0 Å². The maximum atomic E-state index is 13.6. The highest BCUT2D eigenvalue weighted by atomic mass is 19.4. The van der Waals surface area contributed by atoms with Gasteiger partial charge >= 0.3 is 12.1 Å². The van der Waals surface area contributed by atoms with Gasteiger partial charge in [-0.1, -0.05) is 19.9 Å². The second kappa shape index (κ2) is 10.4. The molecule has 4 rings (SSSR count). The third kappa shape index (κ3) is 5.17. The number of amides is 1. The second-order valence-electron chi connectivity index (χ2n) is 9.77. The fourth-order valence-corrected chi connectivity index (χ4v) is 4.35. The minimum Gasteiger partial charge on any atom is -0.384 e. The molecule has 40 heavy (non-hydrogen) atoms. The number of amidine groups is 1. The molecule has 1 aliphatic rings. The number of aliphatic imine (C=N–C) groups is 2. The number of nitrogens with one attached hydrogen (secondary N) is 1. The summed E-state index contributed by atoms with van der Waals surface area (Å²) in [6, 6.07) is 3.61. The molecule has 3 N–H and O–H groups in total. The Hall–Kier alpha value is -4.23. The SMILES string of the molecule is C/N=C(/N)C1=C(/N=C/c2cn3ccnc3c(CCC(F)(F)C(F)(F)F)n2)NC(=O)C1(C)c1ccc(C(C)C)nc1. The molecule has 3 aromatic heterocycles. The summed E-state index contributed by atoms with van der Waals surface area (Å²) in [6.45, 7) is 5.65. The molecule has 1 aliphatic heterocycles. The number of fused-ring (bicyclic) bond motifs is 1. The van der Waals surface area contributed by atoms with Crippen LogP contribution in [0, 0.1) is 0 Å². The average molecular weight is 563 g/mol. The zero-order valence-corrected chi connectivity index (χ0v) is 22.1. The zero-order valence-electron chi connectivity index (χ0n) is 22.1. The summed E-state index contributed by atoms with van der Waals surface area (Å²) in [5.41, 5.74) is 6.81. The van der Waals surface area contributed by atoms with Crippen LogP contribution in [0.4, 0.5) is 22.0 Å². The van der Waals surface area contributed by atoms with E-state index in [-0.39, 0.29) is 34.6 Å². The number of hydrogen-bond donors (Lipinski definition) is 2. The lowest BCUT2D eigenvalue weighted by Gasteiger charge is -2.25. The molecule has 0 bridgehead atoms. The molecular formula is C26H27F5N8O. The molecule has 0 aliphatic carbocycles. The van der Waals surface area contributed by atoms with Gasteiger partial charge in [0.05, 0.1) is 23.2 Å². The van der Waals surface area contributed by atoms with E-state index in [2.05, 4.69) is 30.3 Å². The van der Waals surface area contributed by atoms with E-state index in [1.54, 1.807) is 19.2 Å². The van der Waals surface area contributed by atoms with Crippen molar-refractivity contribution in [2.75, 3.05) is 7.05 Å². The fraction of sp³-hybridized carbons (Fsp3) is 0.385. The number of hydrogen-bond acceptors (Lipinski definition) is 6. The van der Waals surface area contributed by atoms with Crippen LogP contribution < -0.4 is 11.1 Å². The normalized spacial score (nSPS) is 18.9. The van der Waals surface area contributed by atoms with Gasteiger partial charge in [-0.05, 0) is 30.9 Å². The van der Waals surface area contributed by atoms with Crippen molar-refractivity contribution < 1.29 is 26.7 Å². The summed E-state index contributed by atoms with van der Waals surface area (Å²) >= 11 is 0. The maximum Gasteiger partial charge on any atom is 0.453 e. The predicted molar refractivity (Wildman–Crippen MR) is 138 cm³/mol. The Labute approximate surface area is 226 Å². The highest BCUT2D eigenvalue weighted by Gasteiger charge is 2.56. The Morgan fingerprint density at radius 3 is 2.55 bits per heavy atom. The number of alkyl halides is 5. The van der Waals surface area contributed by atoms with E-state index in [0.29, 0.717) is 11.1 Å². The van der Waals surface area contributed by atoms with Crippen molar-refractivity contribution >= 4 is 23.6 Å². The topological polar surface area (TPSA) is 123 Å². The van der Waals surface area contributed by atoms with Crippen molar-refractivity contribution in [3.05, 3.63) is 71.0 Å². The van der Waals surface area contributed by atoms with Gasteiger partial charge < -0.3 is 15.5 Å². The molecule has 0 radical (unpaired) electrons. The lowest BCUT2D eigenvalue weighted by molar-refractivity contribution is -0.284. The van der Waals surface area contributed by atoms with Crippen molar-refractivity contribution in [3.63, 3.8) is 0 Å². The monoisotopic (exact) mass is 562 g/mol. The van der Waals surface area contributed by atoms with Gasteiger partial charge in [-0.15, -0.1) is 0 Å². The quantitative estimate of drug-likeness (QED) is 0.243. The van der Waals surface area contributed by atoms with Crippen LogP contribution >= 0.6 is 0 Å². The number of rotatable bonds is 8. The van der Waals surface area contributed by atoms with Gasteiger partial charge in [-0.3, -0.25) is 14.8 Å². The molecule has 0 saturated carbocycles. The van der Waals surface area contributed by atoms with Crippen molar-refractivity contribution in [3.8, 4) is 0 Å². The molecule has 0 fully saturated rings. The Morgan fingerprint density at radius 2 is 1.95 bits per heavy atom. The van der Waals surface area contributed by atoms with Crippen molar-refractivity contribution in [2.24, 2.45) is 15.7 Å². The lowest BCUT2D eigenvalue weighted by atomic mass is 9.76. The highest BCUT2D eigenvalue weighted by Crippen LogP contribution is 2.40. The molecule has 3 aromatic rings. The van der Waals surface area contributed by atoms with E-state index < -0.39 is 36.3 Å². The summed E-state index contributed by atoms with van der Waals surface area (Å²) in [6.07, 6.45) is -0.691. The molecule has 1 amide bonds. The molecule has 1 unspecified atom stereocenters. The number of nitrogens with two attached hydrogens (primary N) is 1. The van der Waals surface area contributed by atoms with Gasteiger partial charge in [-0.2, -0.15) is 22.0 Å². The van der Waals surface area contributed by atoms with E-state index in [9.17, 15) is 26.7 Å². The van der Waals surface area contributed by atoms with Crippen LogP contribution in [-0.2, 0) is 16.6 Å². The first-order valence-electron chi connectivity index (χ1n) is 12.3. The van der Waals surface area contributed by atoms with Crippen LogP contribution in [0.2, 0.25) is 0 Å². The number of aryl methyl sites for hydroxylation is 1. The average Bonchev–Trinajstić information content (AvgIpc) is 3.47. The van der Waals surface area contributed by atoms with Crippen molar-refractivity contribution in [1.82, 2.24) is 24.7 Å². The van der Waals surface area contributed by atoms with E-state index >= 15 is 0 Å². The molecular weight excluding hydrogens is 535 g/mol. The van der Waals surface area contributed by atoms with Crippen LogP contribution in [0.25, 0.3) is 5.65 Å². The van der Waals surface area contributed by atoms with Gasteiger partial charge in [0, 0.05) is 43.9 Å². The van der Waals surface area contributed by atoms with E-state index in [0.717, 1.165) is 5.69 Å². The summed E-state index contributed by atoms with van der Waals surface area (Å²) < 4.78 is 66.7. The van der Waals surface area contributed by atoms with Gasteiger partial charge in [0.2, 0.25) is 5.91 Å². The number of imidazole rings is 1. The summed E-state index contributed by atoms with van der Waals surface area (Å²) in [5, 5.41) is 2.71. The van der Waals surface area contributed by atoms with Crippen molar-refractivity contribution in [1.29, 1.82) is 0 Å². The fourth-order valence-electron chi connectivity index (χ4n) is 4.35. The molecule has 212 valence electrons. The minimum atomic E-state index is -5.68. The first kappa shape index (κ1) is 28.8. The minimum absolute atomic E-state index is 0.0500. The molecule has 0 spiro atoms. The smallest absolute Gasteiger partial charge is 0.384 e. The molecule has 1 atom stereocenters. The number of aromatic nitrogens is 4. The Morgan fingerprint density at radius 1 is 1.23 bits per heavy atom. The van der Waals surface area contributed by atoms with Crippen LogP contribution in [0.3, 0.4) is 0 Å². The van der Waals surface area contributed by atoms with Crippen LogP contribution in [-0.4, -0.2) is 56.5 Å². The molecule has 0 aromatic carbocycles. The van der Waals surface area contributed by atoms with E-state index in [1.165, 1.54) is 36.3 Å². The summed E-state index contributed by atoms with van der Waals surface area (Å²) in [5.74, 6) is -5.00. The first-order chi connectivity index (χ1) is 18.7. The third-order valence-electron chi connectivity index (χ3n) is 6.75. The number of halogens is 5. The Bertz CT molecular complexity index is 1520. The maximum absolute atomic E-state index is 13.6. The Balaban J connectivity index is 1.73. The van der Waals surface area contributed by atoms with Crippen molar-refractivity contribution in [2.45, 2.75) is 57.0 Å². The summed E-state index contributed by atoms with van der Waals surface area (Å²) in [7, 11) is 1.46. The molecule has 0 saturated heterocycles. The molecule has 9 nitrogen and oxygen atoms in total. The molecule has 4 heterocycles. The van der Waals surface area contributed by atoms with Gasteiger partial charge in [0.15, 0.2) is 5.65 Å². The van der Waals surface area contributed by atoms with E-state index in [1.807, 2.05) is 19.9 Å². The first-order valence-corrected chi connectivity index (χ1v) is 12.3. The second-order valence-corrected chi connectivity index (χ2v) is 9.77. The van der Waals surface area contributed by atoms with Crippen LogP contribution in [0.5, 0.6) is 0 Å². The lowest BCUT2D eigenvalue weighted by Crippen LogP contribution is -2.39. The largest absolute Gasteiger partial charge is 0.453 e. The Kier molecular flexibility index (Phi) is 7.47. The van der Waals surface area contributed by atoms with Gasteiger partial charge in [0.1, 0.15) is 17.1 Å². The number of carbonyl (C=O) groups is 1. The third-order valence-corrected chi connectivity index (χ3v) is 6.75. The molecule has 14 heteroatoms. The standard InChI is InChI=1S/C26H27F5N8O/c1-14(2)17-6-5-15(11-35-17)24(3)19(20(32)33-4)21(38-23(24)40)36-12-16-13-39-10-9-34-22(39)18(37-16)7-8-25(27,28)26(29,30)31/h5-6,9-14H,7-8H2,1-4H3,(H2,32,33)(H,38,40)/b36-12+. The van der Waals surface area contributed by atoms with E-state index in [4.69, 9.17) is 5.73 Å². The van der Waals surface area contributed by atoms with Crippen LogP contribution in [0.15, 0.2) is 58.3 Å². The number of nitrogens with zero attached hydrogens (tertiary/aromatic N) is 6. The zero-order chi connectivity index (χ0) is 29.5. The van der Waals surface area contributed by atoms with Gasteiger partial charge in [0.25, 0.3) is 0 Å². The highest BCUT2D eigenvalue weighted by molar-refractivity contribution is 6.12. The number of pyridine rings is 1. The predicted octanol–water partition coefficient (Wildman–Crippen LogP) is 4.08. The summed E-state index contributed by atoms with van der Waals surface area (Å²) in [4.78, 5) is 34.4. The number of carbonyl (C=O) groups excluding carboxylic acids is 1. The van der Waals surface area contributed by atoms with Crippen LogP contribution in [0.1, 0.15) is 55.8 Å².